The molecule has 1 aromatic carbocycles. The van der Waals surface area contributed by atoms with Gasteiger partial charge in [0.05, 0.1) is 5.60 Å². The maximum atomic E-state index is 10.5. The predicted molar refractivity (Wildman–Crippen MR) is 64.8 cm³/mol. The lowest BCUT2D eigenvalue weighted by Crippen LogP contribution is -2.29. The Morgan fingerprint density at radius 1 is 1.40 bits per heavy atom. The molecule has 2 unspecified atom stereocenters. The summed E-state index contributed by atoms with van der Waals surface area (Å²) in [5.74, 6) is 0.296. The van der Waals surface area contributed by atoms with Crippen molar-refractivity contribution in [3.63, 3.8) is 0 Å². The van der Waals surface area contributed by atoms with Crippen LogP contribution in [0.4, 0.5) is 0 Å². The van der Waals surface area contributed by atoms with E-state index in [2.05, 4.69) is 32.9 Å². The second kappa shape index (κ2) is 4.80. The van der Waals surface area contributed by atoms with E-state index in [1.54, 1.807) is 0 Å². The topological polar surface area (TPSA) is 20.2 Å². The Morgan fingerprint density at radius 2 is 2.07 bits per heavy atom. The minimum absolute atomic E-state index is 0.296. The van der Waals surface area contributed by atoms with Crippen LogP contribution in [0.2, 0.25) is 0 Å². The van der Waals surface area contributed by atoms with Crippen LogP contribution in [0.1, 0.15) is 44.7 Å². The van der Waals surface area contributed by atoms with Gasteiger partial charge in [-0.15, -0.1) is 0 Å². The third-order valence-electron chi connectivity index (χ3n) is 3.28. The van der Waals surface area contributed by atoms with Crippen LogP contribution < -0.4 is 0 Å². The van der Waals surface area contributed by atoms with E-state index in [1.165, 1.54) is 5.56 Å². The quantitative estimate of drug-likeness (QED) is 0.797. The molecule has 0 aromatic heterocycles. The van der Waals surface area contributed by atoms with Crippen molar-refractivity contribution in [3.05, 3.63) is 35.4 Å². The number of aryl methyl sites for hydroxylation is 1. The first-order valence-corrected chi connectivity index (χ1v) is 5.78. The smallest absolute Gasteiger partial charge is 0.0894 e. The number of benzene rings is 1. The fraction of sp³-hybridized carbons (Fsp3) is 0.571. The van der Waals surface area contributed by atoms with E-state index in [0.717, 1.165) is 18.4 Å². The van der Waals surface area contributed by atoms with Crippen LogP contribution in [0.3, 0.4) is 0 Å². The summed E-state index contributed by atoms with van der Waals surface area (Å²) in [5.41, 5.74) is 1.53. The van der Waals surface area contributed by atoms with Crippen molar-refractivity contribution in [1.29, 1.82) is 0 Å². The summed E-state index contributed by atoms with van der Waals surface area (Å²) in [7, 11) is 0. The van der Waals surface area contributed by atoms with Gasteiger partial charge in [0.15, 0.2) is 0 Å². The Kier molecular flexibility index (Phi) is 3.92. The van der Waals surface area contributed by atoms with E-state index < -0.39 is 5.60 Å². The van der Waals surface area contributed by atoms with E-state index in [1.807, 2.05) is 19.1 Å². The summed E-state index contributed by atoms with van der Waals surface area (Å²) in [5, 5.41) is 10.5. The summed E-state index contributed by atoms with van der Waals surface area (Å²) in [6, 6.07) is 8.16. The van der Waals surface area contributed by atoms with Crippen LogP contribution in [0.25, 0.3) is 0 Å². The van der Waals surface area contributed by atoms with Crippen molar-refractivity contribution < 1.29 is 5.11 Å². The van der Waals surface area contributed by atoms with Crippen molar-refractivity contribution in [1.82, 2.24) is 0 Å². The number of aliphatic hydroxyl groups is 1. The zero-order chi connectivity index (χ0) is 11.5. The second-order valence-corrected chi connectivity index (χ2v) is 4.71. The first-order chi connectivity index (χ1) is 6.98. The lowest BCUT2D eigenvalue weighted by Gasteiger charge is -2.31. The van der Waals surface area contributed by atoms with Gasteiger partial charge in [-0.05, 0) is 31.7 Å². The number of hydrogen-bond acceptors (Lipinski definition) is 1. The molecule has 0 amide bonds. The summed E-state index contributed by atoms with van der Waals surface area (Å²) >= 11 is 0. The molecule has 0 bridgehead atoms. The highest BCUT2D eigenvalue weighted by Gasteiger charge is 2.29. The molecule has 0 saturated heterocycles. The Hall–Kier alpha value is -0.820. The molecule has 1 N–H and O–H groups in total. The molecule has 0 aliphatic heterocycles. The van der Waals surface area contributed by atoms with Gasteiger partial charge < -0.3 is 5.11 Å². The molecule has 0 heterocycles. The molecule has 0 saturated carbocycles. The van der Waals surface area contributed by atoms with Gasteiger partial charge in [-0.1, -0.05) is 50.1 Å². The van der Waals surface area contributed by atoms with Gasteiger partial charge in [-0.3, -0.25) is 0 Å². The van der Waals surface area contributed by atoms with Gasteiger partial charge in [0.2, 0.25) is 0 Å². The van der Waals surface area contributed by atoms with Gasteiger partial charge in [0.25, 0.3) is 0 Å². The third-order valence-corrected chi connectivity index (χ3v) is 3.28. The standard InChI is InChI=1S/C14H22O/c1-5-7-12(3)14(4,15)13-9-6-8-11(2)10-13/h6,8-10,12,15H,5,7H2,1-4H3. The van der Waals surface area contributed by atoms with Crippen LogP contribution in [0.5, 0.6) is 0 Å². The molecule has 1 rings (SSSR count). The normalized spacial score (nSPS) is 17.1. The molecular weight excluding hydrogens is 184 g/mol. The van der Waals surface area contributed by atoms with Crippen molar-refractivity contribution in [3.8, 4) is 0 Å². The second-order valence-electron chi connectivity index (χ2n) is 4.71. The Labute approximate surface area is 93.1 Å². The Morgan fingerprint density at radius 3 is 2.60 bits per heavy atom. The Balaban J connectivity index is 2.94. The SMILES string of the molecule is CCCC(C)C(C)(O)c1cccc(C)c1. The zero-order valence-corrected chi connectivity index (χ0v) is 10.2. The monoisotopic (exact) mass is 206 g/mol. The van der Waals surface area contributed by atoms with Gasteiger partial charge in [-0.2, -0.15) is 0 Å². The molecule has 15 heavy (non-hydrogen) atoms. The molecule has 0 aliphatic rings. The van der Waals surface area contributed by atoms with Gasteiger partial charge in [-0.25, -0.2) is 0 Å². The lowest BCUT2D eigenvalue weighted by molar-refractivity contribution is -0.00224. The van der Waals surface area contributed by atoms with Crippen molar-refractivity contribution in [2.24, 2.45) is 5.92 Å². The molecule has 1 nitrogen and oxygen atoms in total. The molecule has 84 valence electrons. The van der Waals surface area contributed by atoms with Crippen LogP contribution in [-0.4, -0.2) is 5.11 Å². The average Bonchev–Trinajstić information content (AvgIpc) is 2.18. The largest absolute Gasteiger partial charge is 0.385 e. The molecule has 0 fully saturated rings. The minimum atomic E-state index is -0.706. The molecule has 0 spiro atoms. The van der Waals surface area contributed by atoms with Gasteiger partial charge >= 0.3 is 0 Å². The first-order valence-electron chi connectivity index (χ1n) is 5.78. The van der Waals surface area contributed by atoms with Crippen LogP contribution >= 0.6 is 0 Å². The highest BCUT2D eigenvalue weighted by molar-refractivity contribution is 5.27. The zero-order valence-electron chi connectivity index (χ0n) is 10.2. The van der Waals surface area contributed by atoms with Crippen molar-refractivity contribution >= 4 is 0 Å². The average molecular weight is 206 g/mol. The maximum absolute atomic E-state index is 10.5. The number of rotatable bonds is 4. The lowest BCUT2D eigenvalue weighted by atomic mass is 9.81. The highest BCUT2D eigenvalue weighted by atomic mass is 16.3. The Bertz CT molecular complexity index is 315. The van der Waals surface area contributed by atoms with Crippen molar-refractivity contribution in [2.45, 2.75) is 46.1 Å². The first kappa shape index (κ1) is 12.3. The minimum Gasteiger partial charge on any atom is -0.385 e. The van der Waals surface area contributed by atoms with Crippen molar-refractivity contribution in [2.75, 3.05) is 0 Å². The molecule has 0 radical (unpaired) electrons. The highest BCUT2D eigenvalue weighted by Crippen LogP contribution is 2.32. The molecule has 2 atom stereocenters. The maximum Gasteiger partial charge on any atom is 0.0894 e. The summed E-state index contributed by atoms with van der Waals surface area (Å²) < 4.78 is 0. The summed E-state index contributed by atoms with van der Waals surface area (Å²) in [6.45, 7) is 8.25. The summed E-state index contributed by atoms with van der Waals surface area (Å²) in [4.78, 5) is 0. The van der Waals surface area contributed by atoms with E-state index in [-0.39, 0.29) is 0 Å². The van der Waals surface area contributed by atoms with E-state index >= 15 is 0 Å². The molecule has 1 heteroatoms. The molecule has 1 aromatic rings. The fourth-order valence-electron chi connectivity index (χ4n) is 1.96. The molecule has 0 aliphatic carbocycles. The van der Waals surface area contributed by atoms with Gasteiger partial charge in [0.1, 0.15) is 0 Å². The van der Waals surface area contributed by atoms with Gasteiger partial charge in [0, 0.05) is 0 Å². The van der Waals surface area contributed by atoms with Crippen LogP contribution in [0, 0.1) is 12.8 Å². The van der Waals surface area contributed by atoms with E-state index in [4.69, 9.17) is 0 Å². The van der Waals surface area contributed by atoms with E-state index in [0.29, 0.717) is 5.92 Å². The predicted octanol–water partition coefficient (Wildman–Crippen LogP) is 3.64. The number of hydrogen-bond donors (Lipinski definition) is 1. The van der Waals surface area contributed by atoms with Crippen LogP contribution in [-0.2, 0) is 5.60 Å². The van der Waals surface area contributed by atoms with E-state index in [9.17, 15) is 5.11 Å². The third kappa shape index (κ3) is 2.82. The summed E-state index contributed by atoms with van der Waals surface area (Å²) in [6.07, 6.45) is 2.17. The fourth-order valence-corrected chi connectivity index (χ4v) is 1.96. The van der Waals surface area contributed by atoms with Crippen LogP contribution in [0.15, 0.2) is 24.3 Å². The molecular formula is C14H22O.